The van der Waals surface area contributed by atoms with Gasteiger partial charge in [0.05, 0.1) is 0 Å². The fourth-order valence-corrected chi connectivity index (χ4v) is 4.57. The van der Waals surface area contributed by atoms with Gasteiger partial charge in [0.15, 0.2) is 0 Å². The summed E-state index contributed by atoms with van der Waals surface area (Å²) < 4.78 is 0. The molecule has 92 valence electrons. The molecule has 1 saturated carbocycles. The fraction of sp³-hybridized carbons (Fsp3) is 1.00. The van der Waals surface area contributed by atoms with E-state index in [1.165, 1.54) is 45.2 Å². The third kappa shape index (κ3) is 1.80. The number of nitrogens with zero attached hydrogens (tertiary/aromatic N) is 1. The minimum absolute atomic E-state index is 0.706. The van der Waals surface area contributed by atoms with Crippen LogP contribution in [-0.4, -0.2) is 37.1 Å². The molecule has 0 amide bonds. The van der Waals surface area contributed by atoms with E-state index >= 15 is 0 Å². The molecule has 2 heteroatoms. The van der Waals surface area contributed by atoms with Crippen molar-refractivity contribution in [2.24, 2.45) is 17.8 Å². The Morgan fingerprint density at radius 1 is 1.25 bits per heavy atom. The topological polar surface area (TPSA) is 15.3 Å². The summed E-state index contributed by atoms with van der Waals surface area (Å²) in [7, 11) is 2.10. The molecule has 16 heavy (non-hydrogen) atoms. The Morgan fingerprint density at radius 2 is 2.00 bits per heavy atom. The molecule has 4 atom stereocenters. The lowest BCUT2D eigenvalue weighted by atomic mass is 9.75. The van der Waals surface area contributed by atoms with Crippen LogP contribution < -0.4 is 5.32 Å². The number of rotatable bonds is 3. The van der Waals surface area contributed by atoms with Crippen LogP contribution in [0.1, 0.15) is 39.0 Å². The van der Waals surface area contributed by atoms with Gasteiger partial charge in [-0.25, -0.2) is 0 Å². The predicted octanol–water partition coefficient (Wildman–Crippen LogP) is 2.10. The van der Waals surface area contributed by atoms with Gasteiger partial charge in [-0.05, 0) is 76.9 Å². The van der Waals surface area contributed by atoms with Gasteiger partial charge in [0.25, 0.3) is 0 Å². The smallest absolute Gasteiger partial charge is 0.0129 e. The largest absolute Gasteiger partial charge is 0.317 e. The van der Waals surface area contributed by atoms with E-state index < -0.39 is 0 Å². The molecule has 4 unspecified atom stereocenters. The number of hydrogen-bond acceptors (Lipinski definition) is 2. The molecule has 0 radical (unpaired) electrons. The first-order valence-electron chi connectivity index (χ1n) is 7.19. The average Bonchev–Trinajstić information content (AvgIpc) is 2.75. The second kappa shape index (κ2) is 4.30. The van der Waals surface area contributed by atoms with E-state index in [0.29, 0.717) is 6.04 Å². The Kier molecular flexibility index (Phi) is 2.97. The van der Waals surface area contributed by atoms with E-state index in [1.54, 1.807) is 0 Å². The Hall–Kier alpha value is -0.0800. The van der Waals surface area contributed by atoms with Crippen LogP contribution in [-0.2, 0) is 0 Å². The van der Waals surface area contributed by atoms with Crippen molar-refractivity contribution in [1.29, 1.82) is 0 Å². The van der Waals surface area contributed by atoms with Crippen molar-refractivity contribution >= 4 is 0 Å². The molecule has 0 aromatic heterocycles. The third-order valence-electron chi connectivity index (χ3n) is 5.50. The minimum Gasteiger partial charge on any atom is -0.317 e. The zero-order valence-corrected chi connectivity index (χ0v) is 10.8. The molecular weight excluding hydrogens is 196 g/mol. The molecule has 4 fully saturated rings. The monoisotopic (exact) mass is 222 g/mol. The lowest BCUT2D eigenvalue weighted by molar-refractivity contribution is 0.00792. The molecule has 1 aliphatic carbocycles. The molecule has 3 saturated heterocycles. The Balaban J connectivity index is 1.63. The summed E-state index contributed by atoms with van der Waals surface area (Å²) in [6, 6.07) is 1.68. The van der Waals surface area contributed by atoms with Gasteiger partial charge in [-0.3, -0.25) is 0 Å². The summed E-state index contributed by atoms with van der Waals surface area (Å²) in [5.41, 5.74) is 0. The van der Waals surface area contributed by atoms with Gasteiger partial charge in [-0.15, -0.1) is 0 Å². The molecule has 2 nitrogen and oxygen atoms in total. The molecule has 3 heterocycles. The predicted molar refractivity (Wildman–Crippen MR) is 67.4 cm³/mol. The summed E-state index contributed by atoms with van der Waals surface area (Å²) in [4.78, 5) is 2.80. The van der Waals surface area contributed by atoms with Crippen LogP contribution in [0.5, 0.6) is 0 Å². The van der Waals surface area contributed by atoms with Gasteiger partial charge in [0, 0.05) is 12.1 Å². The SMILES string of the molecule is CNC(C)CC1CC2C3CCN(CC3)C2C1. The van der Waals surface area contributed by atoms with Crippen molar-refractivity contribution in [2.75, 3.05) is 20.1 Å². The van der Waals surface area contributed by atoms with E-state index in [2.05, 4.69) is 24.2 Å². The normalized spacial score (nSPS) is 48.0. The third-order valence-corrected chi connectivity index (χ3v) is 5.50. The second-order valence-electron chi connectivity index (χ2n) is 6.37. The lowest BCUT2D eigenvalue weighted by Gasteiger charge is -2.48. The van der Waals surface area contributed by atoms with E-state index in [1.807, 2.05) is 0 Å². The van der Waals surface area contributed by atoms with E-state index in [0.717, 1.165) is 23.8 Å². The molecule has 1 N–H and O–H groups in total. The van der Waals surface area contributed by atoms with Crippen LogP contribution in [0, 0.1) is 17.8 Å². The Morgan fingerprint density at radius 3 is 2.62 bits per heavy atom. The molecule has 0 spiro atoms. The van der Waals surface area contributed by atoms with Crippen LogP contribution in [0.25, 0.3) is 0 Å². The maximum absolute atomic E-state index is 3.40. The average molecular weight is 222 g/mol. The Bertz CT molecular complexity index is 225. The molecular formula is C14H26N2. The minimum atomic E-state index is 0.706. The zero-order chi connectivity index (χ0) is 11.1. The van der Waals surface area contributed by atoms with Crippen molar-refractivity contribution < 1.29 is 0 Å². The van der Waals surface area contributed by atoms with Gasteiger partial charge in [0.2, 0.25) is 0 Å². The van der Waals surface area contributed by atoms with Gasteiger partial charge >= 0.3 is 0 Å². The standard InChI is InChI=1S/C14H26N2/c1-10(15-2)7-11-8-13-12-3-5-16(6-4-12)14(13)9-11/h10-15H,3-9H2,1-2H3. The molecule has 4 rings (SSSR count). The quantitative estimate of drug-likeness (QED) is 0.787. The number of nitrogens with one attached hydrogen (secondary N) is 1. The first-order chi connectivity index (χ1) is 7.78. The number of hydrogen-bond donors (Lipinski definition) is 1. The molecule has 3 aliphatic heterocycles. The zero-order valence-electron chi connectivity index (χ0n) is 10.8. The fourth-order valence-electron chi connectivity index (χ4n) is 4.57. The first kappa shape index (κ1) is 11.0. The summed E-state index contributed by atoms with van der Waals surface area (Å²) >= 11 is 0. The van der Waals surface area contributed by atoms with Crippen molar-refractivity contribution in [1.82, 2.24) is 10.2 Å². The maximum Gasteiger partial charge on any atom is 0.0129 e. The summed E-state index contributed by atoms with van der Waals surface area (Å²) in [5.74, 6) is 3.15. The van der Waals surface area contributed by atoms with E-state index in [9.17, 15) is 0 Å². The Labute approximate surface area is 99.8 Å². The van der Waals surface area contributed by atoms with Gasteiger partial charge in [-0.1, -0.05) is 0 Å². The highest BCUT2D eigenvalue weighted by Gasteiger charge is 2.47. The molecule has 2 bridgehead atoms. The van der Waals surface area contributed by atoms with Gasteiger partial charge in [0.1, 0.15) is 0 Å². The van der Waals surface area contributed by atoms with Crippen molar-refractivity contribution in [3.63, 3.8) is 0 Å². The summed E-state index contributed by atoms with van der Waals surface area (Å²) in [6.07, 6.45) is 7.40. The molecule has 4 aliphatic rings. The highest BCUT2D eigenvalue weighted by Crippen LogP contribution is 2.48. The highest BCUT2D eigenvalue weighted by atomic mass is 15.2. The summed E-state index contributed by atoms with van der Waals surface area (Å²) in [5, 5.41) is 3.40. The maximum atomic E-state index is 3.40. The molecule has 0 aromatic rings. The van der Waals surface area contributed by atoms with Gasteiger partial charge < -0.3 is 10.2 Å². The van der Waals surface area contributed by atoms with Crippen LogP contribution >= 0.6 is 0 Å². The molecule has 0 aromatic carbocycles. The van der Waals surface area contributed by atoms with E-state index in [-0.39, 0.29) is 0 Å². The van der Waals surface area contributed by atoms with Crippen molar-refractivity contribution in [3.05, 3.63) is 0 Å². The highest BCUT2D eigenvalue weighted by molar-refractivity contribution is 5.00. The van der Waals surface area contributed by atoms with Gasteiger partial charge in [-0.2, -0.15) is 0 Å². The van der Waals surface area contributed by atoms with Crippen LogP contribution in [0.4, 0.5) is 0 Å². The van der Waals surface area contributed by atoms with Crippen molar-refractivity contribution in [3.8, 4) is 0 Å². The number of fused-ring (bicyclic) bond motifs is 2. The first-order valence-corrected chi connectivity index (χ1v) is 7.19. The second-order valence-corrected chi connectivity index (χ2v) is 6.37. The summed E-state index contributed by atoms with van der Waals surface area (Å²) in [6.45, 7) is 5.14. The van der Waals surface area contributed by atoms with Crippen LogP contribution in [0.2, 0.25) is 0 Å². The lowest BCUT2D eigenvalue weighted by Crippen LogP contribution is -2.52. The number of piperidine rings is 3. The van der Waals surface area contributed by atoms with E-state index in [4.69, 9.17) is 0 Å². The van der Waals surface area contributed by atoms with Crippen LogP contribution in [0.3, 0.4) is 0 Å². The van der Waals surface area contributed by atoms with Crippen LogP contribution in [0.15, 0.2) is 0 Å². The van der Waals surface area contributed by atoms with Crippen molar-refractivity contribution in [2.45, 2.75) is 51.1 Å².